The van der Waals surface area contributed by atoms with Crippen LogP contribution in [0.25, 0.3) is 0 Å². The highest BCUT2D eigenvalue weighted by Crippen LogP contribution is 2.26. The largest absolute Gasteiger partial charge is 0.373 e. The van der Waals surface area contributed by atoms with Crippen molar-refractivity contribution in [1.82, 2.24) is 9.21 Å². The number of carbonyl (C=O) groups excluding carboxylic acids is 3. The van der Waals surface area contributed by atoms with Crippen LogP contribution in [0.2, 0.25) is 0 Å². The van der Waals surface area contributed by atoms with Gasteiger partial charge in [0.2, 0.25) is 15.9 Å². The number of benzene rings is 2. The molecule has 9 nitrogen and oxygen atoms in total. The molecule has 1 fully saturated rings. The van der Waals surface area contributed by atoms with E-state index in [9.17, 15) is 22.8 Å². The van der Waals surface area contributed by atoms with E-state index in [4.69, 9.17) is 4.74 Å². The summed E-state index contributed by atoms with van der Waals surface area (Å²) in [6, 6.07) is 11.2. The minimum Gasteiger partial charge on any atom is -0.373 e. The average molecular weight is 472 g/mol. The Morgan fingerprint density at radius 2 is 1.48 bits per heavy atom. The third kappa shape index (κ3) is 4.29. The van der Waals surface area contributed by atoms with Crippen LogP contribution in [0.3, 0.4) is 0 Å². The van der Waals surface area contributed by atoms with Crippen LogP contribution in [0.15, 0.2) is 53.4 Å². The van der Waals surface area contributed by atoms with E-state index in [1.807, 2.05) is 13.8 Å². The Kier molecular flexibility index (Phi) is 6.08. The number of hydrogen-bond acceptors (Lipinski definition) is 6. The highest BCUT2D eigenvalue weighted by atomic mass is 32.2. The second-order valence-corrected chi connectivity index (χ2v) is 10.2. The number of nitrogens with zero attached hydrogens (tertiary/aromatic N) is 2. The molecule has 2 aromatic rings. The van der Waals surface area contributed by atoms with E-state index in [1.165, 1.54) is 35.5 Å². The fourth-order valence-electron chi connectivity index (χ4n) is 4.11. The van der Waals surface area contributed by atoms with Gasteiger partial charge in [0, 0.05) is 18.8 Å². The van der Waals surface area contributed by atoms with Crippen molar-refractivity contribution in [2.24, 2.45) is 0 Å². The first-order chi connectivity index (χ1) is 15.6. The van der Waals surface area contributed by atoms with Gasteiger partial charge in [-0.25, -0.2) is 8.42 Å². The molecule has 2 aromatic carbocycles. The number of rotatable bonds is 5. The fraction of sp³-hybridized carbons (Fsp3) is 0.348. The summed E-state index contributed by atoms with van der Waals surface area (Å²) in [5.41, 5.74) is 0.887. The zero-order chi connectivity index (χ0) is 23.9. The highest BCUT2D eigenvalue weighted by Gasteiger charge is 2.40. The maximum atomic E-state index is 13.0. The third-order valence-corrected chi connectivity index (χ3v) is 7.58. The van der Waals surface area contributed by atoms with Gasteiger partial charge >= 0.3 is 0 Å². The highest BCUT2D eigenvalue weighted by molar-refractivity contribution is 7.89. The maximum Gasteiger partial charge on any atom is 0.262 e. The van der Waals surface area contributed by atoms with Crippen LogP contribution in [0, 0.1) is 0 Å². The molecule has 2 aliphatic rings. The summed E-state index contributed by atoms with van der Waals surface area (Å²) in [7, 11) is -3.70. The summed E-state index contributed by atoms with van der Waals surface area (Å²) in [6.45, 7) is 5.65. The van der Waals surface area contributed by atoms with Gasteiger partial charge in [-0.3, -0.25) is 19.3 Å². The fourth-order valence-corrected chi connectivity index (χ4v) is 5.70. The van der Waals surface area contributed by atoms with Gasteiger partial charge in [0.25, 0.3) is 11.8 Å². The number of carbonyl (C=O) groups is 3. The Balaban J connectivity index is 1.45. The van der Waals surface area contributed by atoms with Gasteiger partial charge in [0.1, 0.15) is 6.04 Å². The molecule has 1 saturated heterocycles. The molecule has 0 bridgehead atoms. The van der Waals surface area contributed by atoms with E-state index in [-0.39, 0.29) is 41.3 Å². The van der Waals surface area contributed by atoms with Crippen molar-refractivity contribution >= 4 is 33.4 Å². The second kappa shape index (κ2) is 8.69. The number of sulfonamides is 1. The molecule has 1 N–H and O–H groups in total. The van der Waals surface area contributed by atoms with E-state index >= 15 is 0 Å². The quantitative estimate of drug-likeness (QED) is 0.669. The molecule has 0 spiro atoms. The number of fused-ring (bicyclic) bond motifs is 1. The van der Waals surface area contributed by atoms with E-state index < -0.39 is 33.8 Å². The molecule has 0 radical (unpaired) electrons. The molecule has 4 rings (SSSR count). The molecule has 2 aliphatic heterocycles. The Labute approximate surface area is 192 Å². The van der Waals surface area contributed by atoms with Gasteiger partial charge < -0.3 is 10.1 Å². The molecular formula is C23H25N3O6S. The summed E-state index contributed by atoms with van der Waals surface area (Å²) in [6.07, 6.45) is -0.406. The monoisotopic (exact) mass is 471 g/mol. The first-order valence-corrected chi connectivity index (χ1v) is 12.1. The van der Waals surface area contributed by atoms with Gasteiger partial charge in [-0.1, -0.05) is 12.1 Å². The molecule has 2 heterocycles. The van der Waals surface area contributed by atoms with Gasteiger partial charge in [-0.05, 0) is 57.2 Å². The minimum absolute atomic E-state index is 0.107. The molecule has 3 atom stereocenters. The lowest BCUT2D eigenvalue weighted by atomic mass is 10.1. The zero-order valence-electron chi connectivity index (χ0n) is 18.5. The Hall–Kier alpha value is -3.08. The number of ether oxygens (including phenoxy) is 1. The lowest BCUT2D eigenvalue weighted by Crippen LogP contribution is -2.48. The van der Waals surface area contributed by atoms with Crippen LogP contribution < -0.4 is 5.32 Å². The SMILES string of the molecule is C[C@@H]1CN(S(=O)(=O)c2ccc(NC(=O)[C@H](C)N3C(=O)c4ccccc4C3=O)cc2)C[C@H](C)O1. The Morgan fingerprint density at radius 1 is 0.970 bits per heavy atom. The van der Waals surface area contributed by atoms with Crippen molar-refractivity contribution in [3.05, 3.63) is 59.7 Å². The molecular weight excluding hydrogens is 446 g/mol. The van der Waals surface area contributed by atoms with Gasteiger partial charge in [-0.2, -0.15) is 4.31 Å². The zero-order valence-corrected chi connectivity index (χ0v) is 19.3. The summed E-state index contributed by atoms with van der Waals surface area (Å²) < 4.78 is 32.9. The topological polar surface area (TPSA) is 113 Å². The number of nitrogens with one attached hydrogen (secondary N) is 1. The van der Waals surface area contributed by atoms with E-state index in [2.05, 4.69) is 5.32 Å². The van der Waals surface area contributed by atoms with E-state index in [1.54, 1.807) is 24.3 Å². The number of anilines is 1. The predicted octanol–water partition coefficient (Wildman–Crippen LogP) is 2.11. The average Bonchev–Trinajstić information content (AvgIpc) is 3.03. The van der Waals surface area contributed by atoms with E-state index in [0.717, 1.165) is 4.90 Å². The first-order valence-electron chi connectivity index (χ1n) is 10.6. The lowest BCUT2D eigenvalue weighted by Gasteiger charge is -2.34. The smallest absolute Gasteiger partial charge is 0.262 e. The molecule has 0 aliphatic carbocycles. The minimum atomic E-state index is -3.70. The van der Waals surface area contributed by atoms with Crippen molar-refractivity contribution in [3.63, 3.8) is 0 Å². The van der Waals surface area contributed by atoms with Gasteiger partial charge in [0.15, 0.2) is 0 Å². The molecule has 3 amide bonds. The number of hydrogen-bond donors (Lipinski definition) is 1. The molecule has 0 saturated carbocycles. The molecule has 33 heavy (non-hydrogen) atoms. The van der Waals surface area contributed by atoms with Crippen LogP contribution in [0.4, 0.5) is 5.69 Å². The van der Waals surface area contributed by atoms with Crippen molar-refractivity contribution in [2.75, 3.05) is 18.4 Å². The van der Waals surface area contributed by atoms with Crippen molar-refractivity contribution in [1.29, 1.82) is 0 Å². The second-order valence-electron chi connectivity index (χ2n) is 8.29. The summed E-state index contributed by atoms with van der Waals surface area (Å²) >= 11 is 0. The van der Waals surface area contributed by atoms with Crippen LogP contribution in [-0.2, 0) is 19.6 Å². The number of morpholine rings is 1. The summed E-state index contributed by atoms with van der Waals surface area (Å²) in [4.78, 5) is 39.0. The molecule has 0 unspecified atom stereocenters. The van der Waals surface area contributed by atoms with E-state index in [0.29, 0.717) is 5.69 Å². The standard InChI is InChI=1S/C23H25N3O6S/c1-14-12-25(13-15(2)32-14)33(30,31)18-10-8-17(9-11-18)24-21(27)16(3)26-22(28)19-6-4-5-7-20(19)23(26)29/h4-11,14-16H,12-13H2,1-3H3,(H,24,27)/t14-,15+,16-/m0/s1. The summed E-state index contributed by atoms with van der Waals surface area (Å²) in [5, 5.41) is 2.65. The van der Waals surface area contributed by atoms with Gasteiger partial charge in [0.05, 0.1) is 28.2 Å². The normalized spacial score (nSPS) is 22.2. The number of imide groups is 1. The molecule has 10 heteroatoms. The van der Waals surface area contributed by atoms with Crippen LogP contribution in [0.5, 0.6) is 0 Å². The molecule has 174 valence electrons. The van der Waals surface area contributed by atoms with Crippen LogP contribution in [0.1, 0.15) is 41.5 Å². The molecule has 0 aromatic heterocycles. The van der Waals surface area contributed by atoms with Crippen LogP contribution in [-0.4, -0.2) is 66.7 Å². The lowest BCUT2D eigenvalue weighted by molar-refractivity contribution is -0.119. The van der Waals surface area contributed by atoms with Gasteiger partial charge in [-0.15, -0.1) is 0 Å². The van der Waals surface area contributed by atoms with Crippen molar-refractivity contribution in [2.45, 2.75) is 43.9 Å². The van der Waals surface area contributed by atoms with Crippen molar-refractivity contribution < 1.29 is 27.5 Å². The summed E-state index contributed by atoms with van der Waals surface area (Å²) in [5.74, 6) is -1.60. The van der Waals surface area contributed by atoms with Crippen molar-refractivity contribution in [3.8, 4) is 0 Å². The third-order valence-electron chi connectivity index (χ3n) is 5.74. The Bertz CT molecular complexity index is 1170. The predicted molar refractivity (Wildman–Crippen MR) is 120 cm³/mol. The number of amides is 3. The van der Waals surface area contributed by atoms with Crippen LogP contribution >= 0.6 is 0 Å². The first kappa shape index (κ1) is 23.1. The maximum absolute atomic E-state index is 13.0. The Morgan fingerprint density at radius 3 is 2.00 bits per heavy atom.